The largest absolute Gasteiger partial charge is 0.316 e. The normalized spacial score (nSPS) is 19.6. The molecule has 0 spiro atoms. The monoisotopic (exact) mass is 193 g/mol. The zero-order valence-electron chi connectivity index (χ0n) is 7.08. The van der Waals surface area contributed by atoms with Gasteiger partial charge in [0, 0.05) is 5.56 Å². The molecule has 0 saturated carbocycles. The highest BCUT2D eigenvalue weighted by molar-refractivity contribution is 6.02. The van der Waals surface area contributed by atoms with E-state index in [4.69, 9.17) is 5.73 Å². The van der Waals surface area contributed by atoms with Crippen LogP contribution in [0.2, 0.25) is 0 Å². The minimum atomic E-state index is -0.920. The predicted molar refractivity (Wildman–Crippen MR) is 47.9 cm³/mol. The second-order valence-electron chi connectivity index (χ2n) is 2.92. The number of nitrogens with zero attached hydrogens (tertiary/aromatic N) is 2. The van der Waals surface area contributed by atoms with E-state index in [0.717, 1.165) is 0 Å². The fourth-order valence-corrected chi connectivity index (χ4v) is 1.50. The molecule has 1 aliphatic heterocycles. The number of benzene rings is 1. The summed E-state index contributed by atoms with van der Waals surface area (Å²) in [5.41, 5.74) is 6.28. The van der Waals surface area contributed by atoms with Gasteiger partial charge in [0.1, 0.15) is 11.7 Å². The van der Waals surface area contributed by atoms with Gasteiger partial charge in [0.2, 0.25) is 0 Å². The Morgan fingerprint density at radius 2 is 2.07 bits per heavy atom. The first-order chi connectivity index (χ1) is 6.63. The molecule has 72 valence electrons. The van der Waals surface area contributed by atoms with Crippen molar-refractivity contribution < 1.29 is 9.83 Å². The van der Waals surface area contributed by atoms with E-state index >= 15 is 0 Å². The Morgan fingerprint density at radius 3 is 2.71 bits per heavy atom. The molecule has 0 radical (unpaired) electrons. The van der Waals surface area contributed by atoms with Gasteiger partial charge in [-0.2, -0.15) is 0 Å². The minimum Gasteiger partial charge on any atom is -0.316 e. The lowest BCUT2D eigenvalue weighted by molar-refractivity contribution is -0.483. The van der Waals surface area contributed by atoms with Crippen LogP contribution < -0.4 is 10.7 Å². The zero-order valence-corrected chi connectivity index (χ0v) is 7.08. The van der Waals surface area contributed by atoms with E-state index in [1.807, 2.05) is 0 Å². The molecule has 6 heteroatoms. The maximum atomic E-state index is 11.4. The second kappa shape index (κ2) is 2.78. The third-order valence-electron chi connectivity index (χ3n) is 2.14. The maximum Gasteiger partial charge on any atom is 0.310 e. The molecule has 1 unspecified atom stereocenters. The molecule has 1 aromatic carbocycles. The number of hydrogen-bond donors (Lipinski definition) is 1. The highest BCUT2D eigenvalue weighted by Crippen LogP contribution is 2.33. The first-order valence-electron chi connectivity index (χ1n) is 3.95. The molecule has 0 saturated heterocycles. The van der Waals surface area contributed by atoms with Crippen LogP contribution in [0.25, 0.3) is 0 Å². The number of hydrogen-bond acceptors (Lipinski definition) is 4. The van der Waals surface area contributed by atoms with Gasteiger partial charge < -0.3 is 5.73 Å². The molecule has 0 fully saturated rings. The van der Waals surface area contributed by atoms with Gasteiger partial charge in [-0.3, -0.25) is 4.79 Å². The molecular formula is C8H7N3O3. The summed E-state index contributed by atoms with van der Waals surface area (Å²) in [5, 5.41) is 10.3. The summed E-state index contributed by atoms with van der Waals surface area (Å²) >= 11 is 0. The summed E-state index contributed by atoms with van der Waals surface area (Å²) in [6, 6.07) is 5.51. The van der Waals surface area contributed by atoms with Crippen molar-refractivity contribution in [1.29, 1.82) is 0 Å². The predicted octanol–water partition coefficient (Wildman–Crippen LogP) is 0.225. The van der Waals surface area contributed by atoms with Gasteiger partial charge >= 0.3 is 5.91 Å². The molecule has 1 heterocycles. The van der Waals surface area contributed by atoms with Crippen molar-refractivity contribution >= 4 is 11.6 Å². The lowest BCUT2D eigenvalue weighted by Crippen LogP contribution is -2.36. The van der Waals surface area contributed by atoms with Gasteiger partial charge in [-0.25, -0.2) is 10.1 Å². The van der Waals surface area contributed by atoms with Crippen molar-refractivity contribution in [3.05, 3.63) is 39.9 Å². The fraction of sp³-hybridized carbons (Fsp3) is 0.125. The fourth-order valence-electron chi connectivity index (χ4n) is 1.50. The molecule has 6 nitrogen and oxygen atoms in total. The van der Waals surface area contributed by atoms with E-state index in [1.54, 1.807) is 18.2 Å². The van der Waals surface area contributed by atoms with Crippen LogP contribution >= 0.6 is 0 Å². The average Bonchev–Trinajstić information content (AvgIpc) is 2.41. The standard InChI is InChI=1S/C8H7N3O3/c9-7-5-3-1-2-4-6(5)10(8(7)12)11(13)14/h1-4,7H,9H2. The Labute approximate surface area is 79.0 Å². The second-order valence-corrected chi connectivity index (χ2v) is 2.92. The first-order valence-corrected chi connectivity index (χ1v) is 3.95. The van der Waals surface area contributed by atoms with Crippen LogP contribution in [-0.4, -0.2) is 10.9 Å². The maximum absolute atomic E-state index is 11.4. The molecule has 0 aromatic heterocycles. The molecule has 1 atom stereocenters. The highest BCUT2D eigenvalue weighted by atomic mass is 16.7. The average molecular weight is 193 g/mol. The summed E-state index contributed by atoms with van der Waals surface area (Å²) in [7, 11) is 0. The smallest absolute Gasteiger partial charge is 0.310 e. The van der Waals surface area contributed by atoms with E-state index < -0.39 is 17.0 Å². The minimum absolute atomic E-state index is 0.259. The van der Waals surface area contributed by atoms with Gasteiger partial charge in [0.15, 0.2) is 5.03 Å². The summed E-state index contributed by atoms with van der Waals surface area (Å²) < 4.78 is 0. The zero-order chi connectivity index (χ0) is 10.3. The summed E-state index contributed by atoms with van der Waals surface area (Å²) in [4.78, 5) is 21.9. The Balaban J connectivity index is 2.59. The molecule has 1 amide bonds. The SMILES string of the molecule is NC1C(=O)N([N+](=O)[O-])c2ccccc21. The summed E-state index contributed by atoms with van der Waals surface area (Å²) in [6.07, 6.45) is 0. The number of amides is 1. The number of anilines is 1. The Kier molecular flexibility index (Phi) is 1.71. The van der Waals surface area contributed by atoms with Crippen molar-refractivity contribution in [2.75, 3.05) is 5.01 Å². The molecule has 0 aliphatic carbocycles. The topological polar surface area (TPSA) is 89.5 Å². The number of fused-ring (bicyclic) bond motifs is 1. The van der Waals surface area contributed by atoms with Crippen molar-refractivity contribution in [2.24, 2.45) is 5.73 Å². The molecule has 0 bridgehead atoms. The molecule has 1 aromatic rings. The van der Waals surface area contributed by atoms with Gasteiger partial charge in [0.25, 0.3) is 0 Å². The number of nitro groups is 1. The van der Waals surface area contributed by atoms with Gasteiger partial charge in [-0.1, -0.05) is 18.2 Å². The number of para-hydroxylation sites is 1. The van der Waals surface area contributed by atoms with Crippen LogP contribution in [0.4, 0.5) is 5.69 Å². The van der Waals surface area contributed by atoms with E-state index in [9.17, 15) is 14.9 Å². The van der Waals surface area contributed by atoms with Crippen LogP contribution in [0.1, 0.15) is 11.6 Å². The van der Waals surface area contributed by atoms with E-state index in [2.05, 4.69) is 0 Å². The third kappa shape index (κ3) is 0.975. The molecule has 2 N–H and O–H groups in total. The van der Waals surface area contributed by atoms with Crippen LogP contribution in [-0.2, 0) is 4.79 Å². The van der Waals surface area contributed by atoms with Gasteiger partial charge in [0.05, 0.1) is 0 Å². The Morgan fingerprint density at radius 1 is 1.43 bits per heavy atom. The van der Waals surface area contributed by atoms with Crippen LogP contribution in [0.5, 0.6) is 0 Å². The first kappa shape index (κ1) is 8.64. The van der Waals surface area contributed by atoms with Gasteiger partial charge in [-0.15, -0.1) is 0 Å². The van der Waals surface area contributed by atoms with Crippen LogP contribution in [0, 0.1) is 10.1 Å². The summed E-state index contributed by atoms with van der Waals surface area (Å²) in [5.74, 6) is -0.698. The number of hydrazine groups is 1. The van der Waals surface area contributed by atoms with Crippen molar-refractivity contribution in [3.63, 3.8) is 0 Å². The highest BCUT2D eigenvalue weighted by Gasteiger charge is 2.42. The van der Waals surface area contributed by atoms with E-state index in [1.165, 1.54) is 6.07 Å². The molecule has 14 heavy (non-hydrogen) atoms. The van der Waals surface area contributed by atoms with E-state index in [-0.39, 0.29) is 5.69 Å². The molecule has 2 rings (SSSR count). The van der Waals surface area contributed by atoms with Crippen molar-refractivity contribution in [1.82, 2.24) is 0 Å². The quantitative estimate of drug-likeness (QED) is 0.510. The summed E-state index contributed by atoms with van der Waals surface area (Å²) in [6.45, 7) is 0. The van der Waals surface area contributed by atoms with Crippen molar-refractivity contribution in [2.45, 2.75) is 6.04 Å². The van der Waals surface area contributed by atoms with Crippen molar-refractivity contribution in [3.8, 4) is 0 Å². The lowest BCUT2D eigenvalue weighted by atomic mass is 10.1. The number of carbonyl (C=O) groups excluding carboxylic acids is 1. The Bertz CT molecular complexity index is 418. The molecule has 1 aliphatic rings. The number of rotatable bonds is 1. The van der Waals surface area contributed by atoms with E-state index in [0.29, 0.717) is 10.6 Å². The Hall–Kier alpha value is -1.95. The third-order valence-corrected chi connectivity index (χ3v) is 2.14. The molecular weight excluding hydrogens is 186 g/mol. The van der Waals surface area contributed by atoms with Gasteiger partial charge in [-0.05, 0) is 11.1 Å². The van der Waals surface area contributed by atoms with Crippen LogP contribution in [0.3, 0.4) is 0 Å². The van der Waals surface area contributed by atoms with Crippen LogP contribution in [0.15, 0.2) is 24.3 Å². The number of nitrogens with two attached hydrogens (primary N) is 1. The lowest BCUT2D eigenvalue weighted by Gasteiger charge is -2.04. The number of carbonyl (C=O) groups is 1.